The predicted molar refractivity (Wildman–Crippen MR) is 26.3 cm³/mol. The van der Waals surface area contributed by atoms with Gasteiger partial charge in [0.2, 0.25) is 0 Å². The van der Waals surface area contributed by atoms with Crippen LogP contribution in [0.15, 0.2) is 0 Å². The summed E-state index contributed by atoms with van der Waals surface area (Å²) in [5, 5.41) is 0. The summed E-state index contributed by atoms with van der Waals surface area (Å²) in [4.78, 5) is 0. The van der Waals surface area contributed by atoms with Gasteiger partial charge in [-0.15, -0.1) is 0 Å². The van der Waals surface area contributed by atoms with Gasteiger partial charge in [0.25, 0.3) is 0 Å². The van der Waals surface area contributed by atoms with Crippen LogP contribution in [0.25, 0.3) is 0 Å². The van der Waals surface area contributed by atoms with Crippen molar-refractivity contribution < 1.29 is 49.5 Å². The molecule has 0 N–H and O–H groups in total. The number of hydrogen-bond acceptors (Lipinski definition) is 1. The second kappa shape index (κ2) is 37.2. The monoisotopic (exact) mass is 592 g/mol. The molecular formula is H6CdGaInOPbZn. The van der Waals surface area contributed by atoms with Gasteiger partial charge < -0.3 is 0 Å². The van der Waals surface area contributed by atoms with Gasteiger partial charge in [0.15, 0.2) is 0 Å². The van der Waals surface area contributed by atoms with Crippen LogP contribution in [0, 0.1) is 0 Å². The van der Waals surface area contributed by atoms with Crippen LogP contribution in [-0.4, -0.2) is 71.4 Å². The molecule has 0 atom stereocenters. The maximum Gasteiger partial charge on any atom is 0 e. The Morgan fingerprint density at radius 2 is 1.17 bits per heavy atom. The van der Waals surface area contributed by atoms with E-state index in [4.69, 9.17) is 2.69 Å². The summed E-state index contributed by atoms with van der Waals surface area (Å²) < 4.78 is 8.39. The fraction of sp³-hybridized carbons (Fsp3) is 0. The zero-order chi connectivity index (χ0) is 2.00. The summed E-state index contributed by atoms with van der Waals surface area (Å²) in [7, 11) is 0. The van der Waals surface area contributed by atoms with Gasteiger partial charge in [-0.2, -0.15) is 0 Å². The molecule has 0 aromatic heterocycles. The number of hydrogen-bond donors (Lipinski definition) is 0. The topological polar surface area (TPSA) is 17.1 Å². The smallest absolute Gasteiger partial charge is 0 e. The second-order valence-corrected chi connectivity index (χ2v) is 0. The van der Waals surface area contributed by atoms with Gasteiger partial charge in [-0.25, -0.2) is 0 Å². The van der Waals surface area contributed by atoms with Crippen molar-refractivity contribution in [3.8, 4) is 0 Å². The van der Waals surface area contributed by atoms with Crippen LogP contribution >= 0.6 is 0 Å². The van der Waals surface area contributed by atoms with Crippen LogP contribution in [0.3, 0.4) is 0 Å². The molecule has 0 aliphatic carbocycles. The molecule has 0 aromatic carbocycles. The molecule has 0 bridgehead atoms. The Bertz CT molecular complexity index is 15.5. The third-order valence-electron chi connectivity index (χ3n) is 0. The van der Waals surface area contributed by atoms with Gasteiger partial charge in [-0.1, -0.05) is 0 Å². The molecule has 0 fully saturated rings. The first kappa shape index (κ1) is 33.0. The molecule has 26 valence electrons. The van der Waals surface area contributed by atoms with E-state index in [0.29, 0.717) is 0 Å². The molecule has 6 heteroatoms. The van der Waals surface area contributed by atoms with Gasteiger partial charge >= 0.3 is 74.1 Å². The van der Waals surface area contributed by atoms with E-state index in [9.17, 15) is 0 Å². The van der Waals surface area contributed by atoms with Crippen molar-refractivity contribution in [2.75, 3.05) is 0 Å². The van der Waals surface area contributed by atoms with Gasteiger partial charge in [0.1, 0.15) is 0 Å². The third-order valence-corrected chi connectivity index (χ3v) is 0. The molecule has 0 aliphatic rings. The van der Waals surface area contributed by atoms with E-state index in [0.717, 1.165) is 0 Å². The second-order valence-electron chi connectivity index (χ2n) is 0. The van der Waals surface area contributed by atoms with Crippen molar-refractivity contribution in [3.05, 3.63) is 0 Å². The fourth-order valence-corrected chi connectivity index (χ4v) is 0. The quantitative estimate of drug-likeness (QED) is 0.277. The third kappa shape index (κ3) is 25.0. The number of rotatable bonds is 0. The molecule has 0 saturated carbocycles. The largest absolute Gasteiger partial charge is 0 e. The van der Waals surface area contributed by atoms with Gasteiger partial charge in [-0.3, -0.25) is 0 Å². The molecular weight excluding hydrogens is 586 g/mol. The SMILES string of the molecule is [Cd].[GaH3].[InH3].[O]=[Pb].[Zn]. The van der Waals surface area contributed by atoms with E-state index in [1.807, 2.05) is 0 Å². The van der Waals surface area contributed by atoms with E-state index in [1.165, 1.54) is 0 Å². The van der Waals surface area contributed by atoms with Gasteiger partial charge in [0, 0.05) is 46.8 Å². The zero-order valence-electron chi connectivity index (χ0n) is 2.32. The van der Waals surface area contributed by atoms with Crippen molar-refractivity contribution >= 4 is 71.4 Å². The molecule has 0 saturated heterocycles. The predicted octanol–water partition coefficient (Wildman–Crippen LogP) is -2.87. The molecule has 0 unspecified atom stereocenters. The molecule has 6 heavy (non-hydrogen) atoms. The van der Waals surface area contributed by atoms with Crippen molar-refractivity contribution in [1.82, 2.24) is 0 Å². The first-order valence-corrected chi connectivity index (χ1v) is 1.79. The summed E-state index contributed by atoms with van der Waals surface area (Å²) >= 11 is 0.0556. The molecule has 0 amide bonds. The summed E-state index contributed by atoms with van der Waals surface area (Å²) in [5.41, 5.74) is 0. The van der Waals surface area contributed by atoms with Crippen molar-refractivity contribution in [2.45, 2.75) is 0 Å². The van der Waals surface area contributed by atoms with Crippen LogP contribution < -0.4 is 0 Å². The molecule has 0 spiro atoms. The standard InChI is InChI=1S/Cd.Ga.In.O.Pb.Zn.6H. The first-order valence-electron chi connectivity index (χ1n) is 0.204. The van der Waals surface area contributed by atoms with Crippen LogP contribution in [0.4, 0.5) is 0 Å². The summed E-state index contributed by atoms with van der Waals surface area (Å²) in [5.74, 6) is 0. The van der Waals surface area contributed by atoms with Gasteiger partial charge in [0.05, 0.1) is 0 Å². The van der Waals surface area contributed by atoms with E-state index in [1.54, 1.807) is 0 Å². The minimum Gasteiger partial charge on any atom is 0 e. The Morgan fingerprint density at radius 3 is 1.17 bits per heavy atom. The summed E-state index contributed by atoms with van der Waals surface area (Å²) in [6.07, 6.45) is 0. The van der Waals surface area contributed by atoms with E-state index >= 15 is 0 Å². The Morgan fingerprint density at radius 1 is 1.17 bits per heavy atom. The average molecular weight is 592 g/mol. The molecule has 0 heterocycles. The van der Waals surface area contributed by atoms with Crippen LogP contribution in [0.5, 0.6) is 0 Å². The normalized spacial score (nSPS) is 0.667. The molecule has 1 nitrogen and oxygen atoms in total. The van der Waals surface area contributed by atoms with E-state index in [2.05, 4.69) is 0 Å². The van der Waals surface area contributed by atoms with Crippen molar-refractivity contribution in [2.24, 2.45) is 0 Å². The first-order chi connectivity index (χ1) is 1.00. The molecule has 0 aliphatic heterocycles. The van der Waals surface area contributed by atoms with Crippen molar-refractivity contribution in [3.63, 3.8) is 0 Å². The Kier molecular flexibility index (Phi) is 205. The van der Waals surface area contributed by atoms with Crippen LogP contribution in [-0.2, 0) is 49.5 Å². The van der Waals surface area contributed by atoms with Crippen molar-refractivity contribution in [1.29, 1.82) is 0 Å². The molecule has 0 aromatic rings. The van der Waals surface area contributed by atoms with E-state index < -0.39 is 0 Å². The van der Waals surface area contributed by atoms with Crippen LogP contribution in [0.2, 0.25) is 0 Å². The Balaban J connectivity index is -0.000000000833. The Hall–Kier alpha value is 3.77. The zero-order valence-corrected chi connectivity index (χ0v) is 13.2. The fourth-order valence-electron chi connectivity index (χ4n) is 0. The molecule has 0 rings (SSSR count). The Labute approximate surface area is 118 Å². The van der Waals surface area contributed by atoms with Gasteiger partial charge in [-0.05, 0) is 0 Å². The van der Waals surface area contributed by atoms with Crippen LogP contribution in [0.1, 0.15) is 0 Å². The minimum absolute atomic E-state index is 0. The van der Waals surface area contributed by atoms with E-state index in [-0.39, 0.29) is 118 Å². The maximum absolute atomic E-state index is 8.39. The summed E-state index contributed by atoms with van der Waals surface area (Å²) in [6.45, 7) is 0. The minimum atomic E-state index is 0. The average Bonchev–Trinajstić information content (AvgIpc) is 1.00. The summed E-state index contributed by atoms with van der Waals surface area (Å²) in [6, 6.07) is 0. The maximum atomic E-state index is 8.39. The molecule has 2 radical (unpaired) electrons.